The Labute approximate surface area is 99.7 Å². The molecule has 90 valence electrons. The molecule has 0 spiro atoms. The highest BCUT2D eigenvalue weighted by molar-refractivity contribution is 7.52. The number of aryl methyl sites for hydroxylation is 1. The zero-order valence-corrected chi connectivity index (χ0v) is 11.0. The minimum atomic E-state index is -3.85. The molecule has 1 fully saturated rings. The van der Waals surface area contributed by atoms with E-state index < -0.39 is 13.3 Å². The van der Waals surface area contributed by atoms with Crippen LogP contribution in [0.3, 0.4) is 0 Å². The van der Waals surface area contributed by atoms with Crippen LogP contribution in [0.5, 0.6) is 0 Å². The Kier molecular flexibility index (Phi) is 3.55. The molecule has 0 unspecified atom stereocenters. The summed E-state index contributed by atoms with van der Waals surface area (Å²) >= 11 is 1.81. The predicted molar refractivity (Wildman–Crippen MR) is 66.1 cm³/mol. The van der Waals surface area contributed by atoms with Crippen molar-refractivity contribution < 1.29 is 14.4 Å². The summed E-state index contributed by atoms with van der Waals surface area (Å²) in [6, 6.07) is 4.28. The van der Waals surface area contributed by atoms with Crippen molar-refractivity contribution in [1.82, 2.24) is 0 Å². The minimum Gasteiger partial charge on any atom is -0.324 e. The topological polar surface area (TPSA) is 57.5 Å². The normalized spacial score (nSPS) is 26.9. The van der Waals surface area contributed by atoms with Crippen molar-refractivity contribution in [2.24, 2.45) is 0 Å². The van der Waals surface area contributed by atoms with Crippen LogP contribution in [0, 0.1) is 6.92 Å². The Morgan fingerprint density at radius 1 is 1.25 bits per heavy atom. The molecule has 1 aromatic heterocycles. The third-order valence-corrected chi connectivity index (χ3v) is 5.97. The maximum Gasteiger partial charge on any atom is 0.328 e. The molecule has 3 nitrogen and oxygen atoms in total. The summed E-state index contributed by atoms with van der Waals surface area (Å²) in [5, 5.41) is 0. The summed E-state index contributed by atoms with van der Waals surface area (Å²) in [5.74, 6) is 0.515. The Bertz CT molecular complexity index is 401. The van der Waals surface area contributed by atoms with E-state index in [0.717, 1.165) is 12.8 Å². The molecule has 0 atom stereocenters. The molecule has 0 saturated heterocycles. The van der Waals surface area contributed by atoms with Crippen molar-refractivity contribution >= 4 is 18.9 Å². The van der Waals surface area contributed by atoms with Crippen LogP contribution in [-0.2, 0) is 4.57 Å². The van der Waals surface area contributed by atoms with Gasteiger partial charge in [0.05, 0.1) is 5.66 Å². The zero-order chi connectivity index (χ0) is 11.8. The molecule has 1 saturated carbocycles. The third kappa shape index (κ3) is 2.75. The lowest BCUT2D eigenvalue weighted by Gasteiger charge is -2.28. The fourth-order valence-corrected chi connectivity index (χ4v) is 4.39. The summed E-state index contributed by atoms with van der Waals surface area (Å²) in [4.78, 5) is 20.9. The van der Waals surface area contributed by atoms with E-state index in [0.29, 0.717) is 18.8 Å². The monoisotopic (exact) mass is 260 g/mol. The van der Waals surface area contributed by atoms with Crippen molar-refractivity contribution in [2.45, 2.75) is 44.2 Å². The van der Waals surface area contributed by atoms with Gasteiger partial charge in [-0.25, -0.2) is 0 Å². The zero-order valence-electron chi connectivity index (χ0n) is 9.30. The Morgan fingerprint density at radius 2 is 1.88 bits per heavy atom. The van der Waals surface area contributed by atoms with Gasteiger partial charge >= 0.3 is 7.60 Å². The molecule has 0 amide bonds. The lowest BCUT2D eigenvalue weighted by molar-refractivity contribution is 0.329. The van der Waals surface area contributed by atoms with Crippen LogP contribution in [0.4, 0.5) is 0 Å². The Balaban J connectivity index is 1.98. The van der Waals surface area contributed by atoms with Crippen molar-refractivity contribution in [3.05, 3.63) is 21.9 Å². The van der Waals surface area contributed by atoms with Gasteiger partial charge in [-0.05, 0) is 50.7 Å². The van der Waals surface area contributed by atoms with E-state index in [1.54, 1.807) is 0 Å². The highest BCUT2D eigenvalue weighted by atomic mass is 32.1. The summed E-state index contributed by atoms with van der Waals surface area (Å²) < 4.78 is 11.1. The first-order valence-electron chi connectivity index (χ1n) is 5.58. The van der Waals surface area contributed by atoms with E-state index in [2.05, 4.69) is 19.1 Å². The van der Waals surface area contributed by atoms with Gasteiger partial charge in [-0.1, -0.05) is 0 Å². The van der Waals surface area contributed by atoms with Crippen LogP contribution in [0.2, 0.25) is 0 Å². The van der Waals surface area contributed by atoms with Gasteiger partial charge in [0.25, 0.3) is 0 Å². The van der Waals surface area contributed by atoms with Gasteiger partial charge < -0.3 is 9.79 Å². The second kappa shape index (κ2) is 4.61. The highest BCUT2D eigenvalue weighted by Crippen LogP contribution is 2.50. The molecule has 1 heterocycles. The second-order valence-electron chi connectivity index (χ2n) is 4.54. The second-order valence-corrected chi connectivity index (χ2v) is 7.77. The molecule has 1 aromatic rings. The Morgan fingerprint density at radius 3 is 2.31 bits per heavy atom. The van der Waals surface area contributed by atoms with Gasteiger partial charge in [-0.2, -0.15) is 0 Å². The van der Waals surface area contributed by atoms with E-state index in [-0.39, 0.29) is 0 Å². The van der Waals surface area contributed by atoms with Gasteiger partial charge in [0, 0.05) is 9.75 Å². The van der Waals surface area contributed by atoms with Crippen LogP contribution in [-0.4, -0.2) is 15.4 Å². The molecule has 0 aliphatic heterocycles. The maximum atomic E-state index is 11.1. The number of hydrogen-bond donors (Lipinski definition) is 2. The predicted octanol–water partition coefficient (Wildman–Crippen LogP) is 3.26. The van der Waals surface area contributed by atoms with Crippen LogP contribution >= 0.6 is 18.9 Å². The Hall–Kier alpha value is -0.150. The van der Waals surface area contributed by atoms with Crippen LogP contribution in [0.15, 0.2) is 12.1 Å². The molecule has 1 aliphatic carbocycles. The van der Waals surface area contributed by atoms with E-state index >= 15 is 0 Å². The van der Waals surface area contributed by atoms with Gasteiger partial charge in [-0.15, -0.1) is 11.3 Å². The molecule has 0 radical (unpaired) electrons. The van der Waals surface area contributed by atoms with Gasteiger partial charge in [0.15, 0.2) is 0 Å². The largest absolute Gasteiger partial charge is 0.328 e. The molecule has 5 heteroatoms. The summed E-state index contributed by atoms with van der Waals surface area (Å²) in [7, 11) is -3.85. The number of thiophene rings is 1. The first-order chi connectivity index (χ1) is 7.47. The average Bonchev–Trinajstić information content (AvgIpc) is 2.64. The minimum absolute atomic E-state index is 0.398. The third-order valence-electron chi connectivity index (χ3n) is 3.34. The molecular weight excluding hydrogens is 243 g/mol. The first-order valence-corrected chi connectivity index (χ1v) is 8.08. The van der Waals surface area contributed by atoms with E-state index in [9.17, 15) is 4.57 Å². The highest BCUT2D eigenvalue weighted by Gasteiger charge is 2.33. The number of rotatable bonds is 2. The first kappa shape index (κ1) is 12.3. The van der Waals surface area contributed by atoms with Crippen molar-refractivity contribution in [3.63, 3.8) is 0 Å². The molecular formula is C11H17O3PS. The molecule has 2 rings (SSSR count). The lowest BCUT2D eigenvalue weighted by Crippen LogP contribution is -2.17. The van der Waals surface area contributed by atoms with E-state index in [4.69, 9.17) is 9.79 Å². The molecule has 0 bridgehead atoms. The lowest BCUT2D eigenvalue weighted by atomic mass is 9.88. The fraction of sp³-hybridized carbons (Fsp3) is 0.636. The van der Waals surface area contributed by atoms with E-state index in [1.165, 1.54) is 9.75 Å². The number of hydrogen-bond acceptors (Lipinski definition) is 2. The molecule has 1 aliphatic rings. The van der Waals surface area contributed by atoms with E-state index in [1.807, 2.05) is 11.3 Å². The molecule has 16 heavy (non-hydrogen) atoms. The van der Waals surface area contributed by atoms with Crippen molar-refractivity contribution in [1.29, 1.82) is 0 Å². The average molecular weight is 260 g/mol. The standard InChI is InChI=1S/C11H17O3PS/c1-8-2-7-11(16-8)9-3-5-10(6-4-9)15(12,13)14/h2,7,9-10H,3-6H2,1H3,(H2,12,13,14). The van der Waals surface area contributed by atoms with Crippen LogP contribution in [0.1, 0.15) is 41.4 Å². The van der Waals surface area contributed by atoms with Crippen LogP contribution in [0.25, 0.3) is 0 Å². The van der Waals surface area contributed by atoms with Gasteiger partial charge in [-0.3, -0.25) is 4.57 Å². The quantitative estimate of drug-likeness (QED) is 0.802. The molecule has 0 aromatic carbocycles. The SMILES string of the molecule is Cc1ccc(C2CCC(P(=O)(O)O)CC2)s1. The van der Waals surface area contributed by atoms with Crippen LogP contribution < -0.4 is 0 Å². The summed E-state index contributed by atoms with van der Waals surface area (Å²) in [6.45, 7) is 2.09. The van der Waals surface area contributed by atoms with Crippen molar-refractivity contribution in [2.75, 3.05) is 0 Å². The smallest absolute Gasteiger partial charge is 0.324 e. The van der Waals surface area contributed by atoms with Crippen molar-refractivity contribution in [3.8, 4) is 0 Å². The fourth-order valence-electron chi connectivity index (χ4n) is 2.37. The summed E-state index contributed by atoms with van der Waals surface area (Å²) in [6.07, 6.45) is 3.14. The van der Waals surface area contributed by atoms with Gasteiger partial charge in [0.2, 0.25) is 0 Å². The van der Waals surface area contributed by atoms with Gasteiger partial charge in [0.1, 0.15) is 0 Å². The summed E-state index contributed by atoms with van der Waals surface area (Å²) in [5.41, 5.74) is -0.398. The maximum absolute atomic E-state index is 11.1. The molecule has 2 N–H and O–H groups in total.